The van der Waals surface area contributed by atoms with Crippen LogP contribution < -0.4 is 5.73 Å². The average molecular weight is 215 g/mol. The molecule has 0 radical (unpaired) electrons. The molecule has 0 aliphatic rings. The molecule has 0 saturated carbocycles. The number of aliphatic hydroxyl groups is 1. The van der Waals surface area contributed by atoms with Gasteiger partial charge in [0.1, 0.15) is 0 Å². The summed E-state index contributed by atoms with van der Waals surface area (Å²) in [6.45, 7) is 3.40. The Balaban J connectivity index is 3.14. The summed E-state index contributed by atoms with van der Waals surface area (Å²) in [5, 5.41) is 9.12. The van der Waals surface area contributed by atoms with Gasteiger partial charge in [-0.2, -0.15) is 0 Å². The van der Waals surface area contributed by atoms with Gasteiger partial charge in [-0.1, -0.05) is 45.4 Å². The molecule has 0 aromatic rings. The average Bonchev–Trinajstić information content (AvgIpc) is 2.26. The molecule has 2 nitrogen and oxygen atoms in total. The van der Waals surface area contributed by atoms with Crippen molar-refractivity contribution in [3.63, 3.8) is 0 Å². The molecule has 0 amide bonds. The standard InChI is InChI=1S/C13H29NO/c1-2-9-13(12-15)10-7-5-3-4-6-8-11-14/h13,15H,2-12,14H2,1H3. The molecule has 0 bridgehead atoms. The lowest BCUT2D eigenvalue weighted by atomic mass is 9.97. The first kappa shape index (κ1) is 14.9. The van der Waals surface area contributed by atoms with Gasteiger partial charge in [0.05, 0.1) is 0 Å². The summed E-state index contributed by atoms with van der Waals surface area (Å²) >= 11 is 0. The largest absolute Gasteiger partial charge is 0.396 e. The fraction of sp³-hybridized carbons (Fsp3) is 1.00. The molecule has 0 aliphatic heterocycles. The van der Waals surface area contributed by atoms with Crippen LogP contribution in [0.3, 0.4) is 0 Å². The fourth-order valence-corrected chi connectivity index (χ4v) is 2.02. The maximum Gasteiger partial charge on any atom is 0.0459 e. The van der Waals surface area contributed by atoms with Gasteiger partial charge in [-0.25, -0.2) is 0 Å². The highest BCUT2D eigenvalue weighted by molar-refractivity contribution is 4.57. The van der Waals surface area contributed by atoms with Crippen LogP contribution in [0.2, 0.25) is 0 Å². The van der Waals surface area contributed by atoms with Crippen molar-refractivity contribution in [2.45, 2.75) is 64.7 Å². The summed E-state index contributed by atoms with van der Waals surface area (Å²) in [5.41, 5.74) is 5.43. The van der Waals surface area contributed by atoms with Gasteiger partial charge in [0.15, 0.2) is 0 Å². The summed E-state index contributed by atoms with van der Waals surface area (Å²) < 4.78 is 0. The zero-order chi connectivity index (χ0) is 11.4. The molecule has 0 aromatic heterocycles. The van der Waals surface area contributed by atoms with Gasteiger partial charge in [0, 0.05) is 6.61 Å². The second kappa shape index (κ2) is 12.0. The Hall–Kier alpha value is -0.0800. The van der Waals surface area contributed by atoms with Gasteiger partial charge in [-0.05, 0) is 31.7 Å². The van der Waals surface area contributed by atoms with Crippen LogP contribution in [0.5, 0.6) is 0 Å². The summed E-state index contributed by atoms with van der Waals surface area (Å²) in [6, 6.07) is 0. The second-order valence-electron chi connectivity index (χ2n) is 4.54. The monoisotopic (exact) mass is 215 g/mol. The van der Waals surface area contributed by atoms with Gasteiger partial charge in [0.2, 0.25) is 0 Å². The Morgan fingerprint density at radius 3 is 2.07 bits per heavy atom. The van der Waals surface area contributed by atoms with Crippen LogP contribution in [0.4, 0.5) is 0 Å². The molecule has 2 heteroatoms. The van der Waals surface area contributed by atoms with Crippen molar-refractivity contribution in [1.82, 2.24) is 0 Å². The molecule has 0 saturated heterocycles. The van der Waals surface area contributed by atoms with E-state index in [2.05, 4.69) is 6.92 Å². The third-order valence-corrected chi connectivity index (χ3v) is 3.02. The number of nitrogens with two attached hydrogens (primary N) is 1. The molecule has 0 fully saturated rings. The first-order valence-electron chi connectivity index (χ1n) is 6.66. The molecule has 92 valence electrons. The summed E-state index contributed by atoms with van der Waals surface area (Å²) in [5.74, 6) is 0.555. The van der Waals surface area contributed by atoms with E-state index in [1.165, 1.54) is 57.8 Å². The molecule has 0 heterocycles. The minimum atomic E-state index is 0.376. The SMILES string of the molecule is CCCC(CO)CCCCCCCCN. The van der Waals surface area contributed by atoms with Crippen molar-refractivity contribution in [1.29, 1.82) is 0 Å². The number of unbranched alkanes of at least 4 members (excludes halogenated alkanes) is 5. The number of rotatable bonds is 11. The lowest BCUT2D eigenvalue weighted by Gasteiger charge is -2.12. The predicted octanol–water partition coefficient (Wildman–Crippen LogP) is 3.08. The molecule has 0 spiro atoms. The lowest BCUT2D eigenvalue weighted by molar-refractivity contribution is 0.206. The molecule has 0 aromatic carbocycles. The van der Waals surface area contributed by atoms with Crippen LogP contribution in [0.15, 0.2) is 0 Å². The highest BCUT2D eigenvalue weighted by Gasteiger charge is 2.04. The minimum absolute atomic E-state index is 0.376. The quantitative estimate of drug-likeness (QED) is 0.520. The molecular weight excluding hydrogens is 186 g/mol. The van der Waals surface area contributed by atoms with Crippen LogP contribution in [0, 0.1) is 5.92 Å². The fourth-order valence-electron chi connectivity index (χ4n) is 2.02. The topological polar surface area (TPSA) is 46.2 Å². The summed E-state index contributed by atoms with van der Waals surface area (Å²) in [7, 11) is 0. The first-order chi connectivity index (χ1) is 7.35. The van der Waals surface area contributed by atoms with Crippen molar-refractivity contribution >= 4 is 0 Å². The number of aliphatic hydroxyl groups excluding tert-OH is 1. The molecule has 1 unspecified atom stereocenters. The summed E-state index contributed by atoms with van der Waals surface area (Å²) in [6.07, 6.45) is 11.3. The Bertz CT molecular complexity index is 117. The van der Waals surface area contributed by atoms with Gasteiger partial charge >= 0.3 is 0 Å². The Morgan fingerprint density at radius 1 is 0.933 bits per heavy atom. The van der Waals surface area contributed by atoms with E-state index in [0.717, 1.165) is 6.54 Å². The maximum absolute atomic E-state index is 9.12. The zero-order valence-corrected chi connectivity index (χ0v) is 10.4. The van der Waals surface area contributed by atoms with E-state index in [4.69, 9.17) is 10.8 Å². The van der Waals surface area contributed by atoms with E-state index >= 15 is 0 Å². The minimum Gasteiger partial charge on any atom is -0.396 e. The Morgan fingerprint density at radius 2 is 1.53 bits per heavy atom. The van der Waals surface area contributed by atoms with Gasteiger partial charge in [-0.3, -0.25) is 0 Å². The number of hydrogen-bond acceptors (Lipinski definition) is 2. The van der Waals surface area contributed by atoms with Gasteiger partial charge in [0.25, 0.3) is 0 Å². The third-order valence-electron chi connectivity index (χ3n) is 3.02. The van der Waals surface area contributed by atoms with Crippen LogP contribution in [-0.2, 0) is 0 Å². The van der Waals surface area contributed by atoms with Gasteiger partial charge < -0.3 is 10.8 Å². The maximum atomic E-state index is 9.12. The molecular formula is C13H29NO. The van der Waals surface area contributed by atoms with Crippen LogP contribution in [-0.4, -0.2) is 18.3 Å². The van der Waals surface area contributed by atoms with Crippen molar-refractivity contribution in [2.75, 3.05) is 13.2 Å². The van der Waals surface area contributed by atoms with Crippen LogP contribution in [0.1, 0.15) is 64.7 Å². The van der Waals surface area contributed by atoms with Crippen molar-refractivity contribution in [2.24, 2.45) is 11.7 Å². The highest BCUT2D eigenvalue weighted by Crippen LogP contribution is 2.15. The predicted molar refractivity (Wildman–Crippen MR) is 66.9 cm³/mol. The lowest BCUT2D eigenvalue weighted by Crippen LogP contribution is -2.05. The third kappa shape index (κ3) is 10.2. The second-order valence-corrected chi connectivity index (χ2v) is 4.54. The number of hydrogen-bond donors (Lipinski definition) is 2. The van der Waals surface area contributed by atoms with Crippen molar-refractivity contribution < 1.29 is 5.11 Å². The summed E-state index contributed by atoms with van der Waals surface area (Å²) in [4.78, 5) is 0. The first-order valence-corrected chi connectivity index (χ1v) is 6.66. The van der Waals surface area contributed by atoms with E-state index in [1.807, 2.05) is 0 Å². The molecule has 0 aliphatic carbocycles. The van der Waals surface area contributed by atoms with E-state index in [9.17, 15) is 0 Å². The molecule has 0 rings (SSSR count). The van der Waals surface area contributed by atoms with Crippen LogP contribution >= 0.6 is 0 Å². The van der Waals surface area contributed by atoms with E-state index < -0.39 is 0 Å². The van der Waals surface area contributed by atoms with Crippen LogP contribution in [0.25, 0.3) is 0 Å². The van der Waals surface area contributed by atoms with E-state index in [1.54, 1.807) is 0 Å². The van der Waals surface area contributed by atoms with E-state index in [0.29, 0.717) is 12.5 Å². The molecule has 1 atom stereocenters. The zero-order valence-electron chi connectivity index (χ0n) is 10.4. The Kier molecular flexibility index (Phi) is 11.9. The van der Waals surface area contributed by atoms with Crippen molar-refractivity contribution in [3.05, 3.63) is 0 Å². The molecule has 3 N–H and O–H groups in total. The van der Waals surface area contributed by atoms with Crippen molar-refractivity contribution in [3.8, 4) is 0 Å². The smallest absolute Gasteiger partial charge is 0.0459 e. The highest BCUT2D eigenvalue weighted by atomic mass is 16.3. The van der Waals surface area contributed by atoms with Gasteiger partial charge in [-0.15, -0.1) is 0 Å². The Labute approximate surface area is 95.3 Å². The normalized spacial score (nSPS) is 13.0. The van der Waals surface area contributed by atoms with E-state index in [-0.39, 0.29) is 0 Å². The molecule has 15 heavy (non-hydrogen) atoms.